The van der Waals surface area contributed by atoms with Gasteiger partial charge in [0.05, 0.1) is 19.3 Å². The SMILES string of the molecule is O=C(O)CCC(=O)OS(=O)(=O)C(CC(=O)O)C(=O)O.[H-].[Na+]. The van der Waals surface area contributed by atoms with E-state index in [0.717, 1.165) is 0 Å². The smallest absolute Gasteiger partial charge is 1.00 e. The minimum atomic E-state index is -4.99. The summed E-state index contributed by atoms with van der Waals surface area (Å²) in [6.07, 6.45) is -2.77. The van der Waals surface area contributed by atoms with Gasteiger partial charge in [-0.15, -0.1) is 0 Å². The average molecular weight is 322 g/mol. The van der Waals surface area contributed by atoms with Crippen LogP contribution < -0.4 is 29.6 Å². The number of rotatable bonds is 8. The third kappa shape index (κ3) is 8.09. The first-order chi connectivity index (χ1) is 8.56. The second-order valence-electron chi connectivity index (χ2n) is 3.27. The molecule has 10 nitrogen and oxygen atoms in total. The maximum absolute atomic E-state index is 11.3. The van der Waals surface area contributed by atoms with Crippen molar-refractivity contribution >= 4 is 34.0 Å². The molecule has 0 aromatic heterocycles. The van der Waals surface area contributed by atoms with Gasteiger partial charge in [-0.25, -0.2) is 0 Å². The van der Waals surface area contributed by atoms with Gasteiger partial charge in [0.2, 0.25) is 5.25 Å². The third-order valence-electron chi connectivity index (χ3n) is 1.74. The van der Waals surface area contributed by atoms with Gasteiger partial charge in [-0.2, -0.15) is 8.42 Å². The predicted molar refractivity (Wildman–Crippen MR) is 56.7 cm³/mol. The Morgan fingerprint density at radius 2 is 1.50 bits per heavy atom. The number of hydrogen-bond acceptors (Lipinski definition) is 7. The van der Waals surface area contributed by atoms with Crippen molar-refractivity contribution in [2.24, 2.45) is 0 Å². The van der Waals surface area contributed by atoms with Crippen LogP contribution in [0.4, 0.5) is 0 Å². The predicted octanol–water partition coefficient (Wildman–Crippen LogP) is -4.23. The summed E-state index contributed by atoms with van der Waals surface area (Å²) in [4.78, 5) is 42.0. The van der Waals surface area contributed by atoms with Crippen LogP contribution in [0.5, 0.6) is 0 Å². The van der Waals surface area contributed by atoms with Crippen LogP contribution in [0.2, 0.25) is 0 Å². The maximum Gasteiger partial charge on any atom is 1.00 e. The number of carbonyl (C=O) groups is 4. The minimum Gasteiger partial charge on any atom is -1.00 e. The van der Waals surface area contributed by atoms with Gasteiger partial charge in [0.25, 0.3) is 0 Å². The monoisotopic (exact) mass is 322 g/mol. The van der Waals surface area contributed by atoms with Gasteiger partial charge in [0.1, 0.15) is 0 Å². The van der Waals surface area contributed by atoms with E-state index in [1.165, 1.54) is 0 Å². The second-order valence-corrected chi connectivity index (χ2v) is 4.99. The van der Waals surface area contributed by atoms with E-state index in [4.69, 9.17) is 15.3 Å². The van der Waals surface area contributed by atoms with E-state index < -0.39 is 58.5 Å². The largest absolute Gasteiger partial charge is 1.00 e. The molecule has 0 aliphatic heterocycles. The number of carboxylic acid groups (broad SMARTS) is 3. The molecule has 3 N–H and O–H groups in total. The molecule has 12 heteroatoms. The molecule has 0 radical (unpaired) electrons. The van der Waals surface area contributed by atoms with E-state index in [0.29, 0.717) is 0 Å². The molecule has 1 atom stereocenters. The Bertz CT molecular complexity index is 501. The van der Waals surface area contributed by atoms with Gasteiger partial charge < -0.3 is 20.9 Å². The molecule has 0 saturated heterocycles. The van der Waals surface area contributed by atoms with Gasteiger partial charge in [0.15, 0.2) is 0 Å². The zero-order valence-corrected chi connectivity index (χ0v) is 13.1. The number of hydrogen-bond donors (Lipinski definition) is 3. The summed E-state index contributed by atoms with van der Waals surface area (Å²) in [7, 11) is -4.99. The van der Waals surface area contributed by atoms with E-state index >= 15 is 0 Å². The fraction of sp³-hybridized carbons (Fsp3) is 0.500. The Labute approximate surface area is 136 Å². The number of aliphatic carboxylic acids is 3. The second kappa shape index (κ2) is 8.89. The number of carboxylic acids is 3. The van der Waals surface area contributed by atoms with Gasteiger partial charge >= 0.3 is 63.6 Å². The first kappa shape index (κ1) is 21.1. The standard InChI is InChI=1S/C8H10O10S.Na.H/c9-5(10)1-2-7(13)18-19(16,17)4(8(14)15)3-6(11)12;;/h4H,1-3H2,(H,9,10)(H,11,12)(H,14,15);;/q;+1;-1. The van der Waals surface area contributed by atoms with Crippen LogP contribution in [0.1, 0.15) is 20.7 Å². The molecule has 0 rings (SSSR count). The first-order valence-corrected chi connectivity index (χ1v) is 6.16. The van der Waals surface area contributed by atoms with E-state index in [9.17, 15) is 27.6 Å². The molecule has 0 aromatic carbocycles. The summed E-state index contributed by atoms with van der Waals surface area (Å²) in [6.45, 7) is 0. The Kier molecular flexibility index (Phi) is 9.40. The van der Waals surface area contributed by atoms with Crippen LogP contribution >= 0.6 is 0 Å². The van der Waals surface area contributed by atoms with Crippen molar-refractivity contribution in [3.8, 4) is 0 Å². The van der Waals surface area contributed by atoms with Crippen LogP contribution in [0.25, 0.3) is 0 Å². The van der Waals surface area contributed by atoms with E-state index in [2.05, 4.69) is 4.18 Å². The molecular weight excluding hydrogens is 311 g/mol. The molecule has 20 heavy (non-hydrogen) atoms. The van der Waals surface area contributed by atoms with Crippen LogP contribution in [-0.2, 0) is 33.5 Å². The van der Waals surface area contributed by atoms with Crippen molar-refractivity contribution in [1.29, 1.82) is 0 Å². The van der Waals surface area contributed by atoms with E-state index in [1.54, 1.807) is 0 Å². The summed E-state index contributed by atoms with van der Waals surface area (Å²) in [6, 6.07) is 0. The summed E-state index contributed by atoms with van der Waals surface area (Å²) >= 11 is 0. The molecule has 0 aliphatic rings. The summed E-state index contributed by atoms with van der Waals surface area (Å²) in [5.41, 5.74) is 0. The van der Waals surface area contributed by atoms with Gasteiger partial charge in [-0.3, -0.25) is 19.2 Å². The Morgan fingerprint density at radius 1 is 1.00 bits per heavy atom. The Hall–Kier alpha value is -1.17. The van der Waals surface area contributed by atoms with Gasteiger partial charge in [-0.05, 0) is 0 Å². The first-order valence-electron chi connectivity index (χ1n) is 4.68. The van der Waals surface area contributed by atoms with E-state index in [-0.39, 0.29) is 31.0 Å². The molecule has 0 aromatic rings. The van der Waals surface area contributed by atoms with Crippen LogP contribution in [-0.4, -0.2) is 52.9 Å². The summed E-state index contributed by atoms with van der Waals surface area (Å²) < 4.78 is 26.5. The molecule has 1 unspecified atom stereocenters. The zero-order chi connectivity index (χ0) is 15.2. The maximum atomic E-state index is 11.3. The molecule has 0 aliphatic carbocycles. The van der Waals surface area contributed by atoms with E-state index in [1.807, 2.05) is 0 Å². The molecule has 0 amide bonds. The topological polar surface area (TPSA) is 172 Å². The zero-order valence-electron chi connectivity index (χ0n) is 11.3. The average Bonchev–Trinajstić information content (AvgIpc) is 2.21. The summed E-state index contributed by atoms with van der Waals surface area (Å²) in [5, 5.41) is 22.7. The van der Waals surface area contributed by atoms with Gasteiger partial charge in [0, 0.05) is 0 Å². The fourth-order valence-electron chi connectivity index (χ4n) is 0.910. The van der Waals surface area contributed by atoms with Crippen LogP contribution in [0, 0.1) is 0 Å². The van der Waals surface area contributed by atoms with Crippen LogP contribution in [0.15, 0.2) is 0 Å². The minimum absolute atomic E-state index is 0. The van der Waals surface area contributed by atoms with Crippen molar-refractivity contribution in [3.05, 3.63) is 0 Å². The molecule has 0 bridgehead atoms. The van der Waals surface area contributed by atoms with Crippen molar-refractivity contribution in [2.45, 2.75) is 24.5 Å². The quantitative estimate of drug-likeness (QED) is 0.293. The van der Waals surface area contributed by atoms with Crippen molar-refractivity contribution in [1.82, 2.24) is 0 Å². The fourth-order valence-corrected chi connectivity index (χ4v) is 1.96. The molecule has 0 spiro atoms. The Morgan fingerprint density at radius 3 is 1.85 bits per heavy atom. The molecule has 0 saturated carbocycles. The number of carbonyl (C=O) groups excluding carboxylic acids is 1. The third-order valence-corrected chi connectivity index (χ3v) is 3.22. The molecule has 0 heterocycles. The Balaban J connectivity index is -0.00000162. The molecule has 0 fully saturated rings. The van der Waals surface area contributed by atoms with Crippen molar-refractivity contribution in [2.75, 3.05) is 0 Å². The van der Waals surface area contributed by atoms with Crippen LogP contribution in [0.3, 0.4) is 0 Å². The van der Waals surface area contributed by atoms with Crippen molar-refractivity contribution < 1.29 is 78.1 Å². The normalized spacial score (nSPS) is 11.8. The molecular formula is C8H11NaO10S. The van der Waals surface area contributed by atoms with Gasteiger partial charge in [-0.1, -0.05) is 0 Å². The summed E-state index contributed by atoms with van der Waals surface area (Å²) in [5.74, 6) is -6.56. The van der Waals surface area contributed by atoms with Crippen molar-refractivity contribution in [3.63, 3.8) is 0 Å². The molecule has 110 valence electrons.